The molecule has 0 atom stereocenters. The average Bonchev–Trinajstić information content (AvgIpc) is 2.88. The number of esters is 1. The fourth-order valence-corrected chi connectivity index (χ4v) is 5.54. The van der Waals surface area contributed by atoms with Crippen molar-refractivity contribution in [3.8, 4) is 5.75 Å². The number of rotatable bonds is 8. The monoisotopic (exact) mass is 496 g/mol. The van der Waals surface area contributed by atoms with E-state index in [-0.39, 0.29) is 18.0 Å². The zero-order valence-corrected chi connectivity index (χ0v) is 20.3. The molecule has 0 aromatic heterocycles. The lowest BCUT2D eigenvalue weighted by Crippen LogP contribution is -2.40. The van der Waals surface area contributed by atoms with E-state index in [0.717, 1.165) is 10.8 Å². The number of nitrogens with zero attached hydrogens (tertiary/aromatic N) is 1. The van der Waals surface area contributed by atoms with Crippen LogP contribution >= 0.6 is 0 Å². The Morgan fingerprint density at radius 3 is 2.34 bits per heavy atom. The molecule has 0 radical (unpaired) electrons. The highest BCUT2D eigenvalue weighted by Gasteiger charge is 2.33. The maximum atomic E-state index is 12.9. The van der Waals surface area contributed by atoms with Crippen LogP contribution in [0.3, 0.4) is 0 Å². The first-order chi connectivity index (χ1) is 16.9. The summed E-state index contributed by atoms with van der Waals surface area (Å²) < 4.78 is 37.8. The summed E-state index contributed by atoms with van der Waals surface area (Å²) in [4.78, 5) is 24.9. The Kier molecular flexibility index (Phi) is 7.67. The molecule has 35 heavy (non-hydrogen) atoms. The van der Waals surface area contributed by atoms with Crippen molar-refractivity contribution in [1.29, 1.82) is 0 Å². The molecule has 184 valence electrons. The van der Waals surface area contributed by atoms with E-state index in [0.29, 0.717) is 30.9 Å². The van der Waals surface area contributed by atoms with Gasteiger partial charge in [0, 0.05) is 18.8 Å². The van der Waals surface area contributed by atoms with Gasteiger partial charge in [-0.3, -0.25) is 9.59 Å². The molecule has 1 saturated heterocycles. The number of hydrogen-bond donors (Lipinski definition) is 1. The van der Waals surface area contributed by atoms with Gasteiger partial charge in [-0.2, -0.15) is 4.31 Å². The predicted molar refractivity (Wildman–Crippen MR) is 133 cm³/mol. The van der Waals surface area contributed by atoms with Gasteiger partial charge in [-0.1, -0.05) is 30.3 Å². The van der Waals surface area contributed by atoms with Crippen molar-refractivity contribution in [3.05, 3.63) is 66.7 Å². The van der Waals surface area contributed by atoms with Crippen molar-refractivity contribution in [2.45, 2.75) is 24.7 Å². The van der Waals surface area contributed by atoms with Gasteiger partial charge in [0.25, 0.3) is 5.91 Å². The van der Waals surface area contributed by atoms with Gasteiger partial charge in [-0.15, -0.1) is 0 Å². The summed E-state index contributed by atoms with van der Waals surface area (Å²) in [7, 11) is -3.66. The number of anilines is 1. The third-order valence-electron chi connectivity index (χ3n) is 5.94. The second-order valence-electron chi connectivity index (χ2n) is 8.30. The van der Waals surface area contributed by atoms with Crippen LogP contribution in [0.4, 0.5) is 5.69 Å². The van der Waals surface area contributed by atoms with Crippen molar-refractivity contribution in [1.82, 2.24) is 4.31 Å². The van der Waals surface area contributed by atoms with Gasteiger partial charge < -0.3 is 14.8 Å². The number of nitrogens with one attached hydrogen (secondary N) is 1. The number of amides is 1. The van der Waals surface area contributed by atoms with Crippen molar-refractivity contribution in [2.24, 2.45) is 5.92 Å². The fraction of sp³-hybridized carbons (Fsp3) is 0.308. The summed E-state index contributed by atoms with van der Waals surface area (Å²) >= 11 is 0. The number of benzene rings is 3. The molecule has 1 heterocycles. The molecule has 0 aliphatic carbocycles. The second kappa shape index (κ2) is 10.9. The minimum atomic E-state index is -3.66. The van der Waals surface area contributed by atoms with Crippen LogP contribution in [-0.2, 0) is 24.3 Å². The van der Waals surface area contributed by atoms with Crippen LogP contribution in [0.5, 0.6) is 5.75 Å². The molecular formula is C26H28N2O6S. The first-order valence-corrected chi connectivity index (χ1v) is 13.0. The minimum absolute atomic E-state index is 0.187. The largest absolute Gasteiger partial charge is 0.494 e. The summed E-state index contributed by atoms with van der Waals surface area (Å²) in [5, 5.41) is 4.79. The lowest BCUT2D eigenvalue weighted by molar-refractivity contribution is -0.152. The molecule has 3 aromatic rings. The lowest BCUT2D eigenvalue weighted by atomic mass is 9.98. The second-order valence-corrected chi connectivity index (χ2v) is 10.2. The Labute approximate surface area is 204 Å². The first-order valence-electron chi connectivity index (χ1n) is 11.5. The van der Waals surface area contributed by atoms with Gasteiger partial charge in [-0.25, -0.2) is 8.42 Å². The number of sulfonamides is 1. The standard InChI is InChI=1S/C26H28N2O6S/c1-2-33-23-9-11-24(12-10-23)35(31,32)28-15-13-20(14-16-28)26(30)34-18-25(29)27-22-8-7-19-5-3-4-6-21(19)17-22/h3-12,17,20H,2,13-16,18H2,1H3,(H,27,29). The molecule has 0 spiro atoms. The molecule has 8 nitrogen and oxygen atoms in total. The van der Waals surface area contributed by atoms with E-state index in [2.05, 4.69) is 5.32 Å². The molecule has 0 bridgehead atoms. The molecule has 9 heteroatoms. The fourth-order valence-electron chi connectivity index (χ4n) is 4.07. The van der Waals surface area contributed by atoms with Crippen molar-refractivity contribution in [3.63, 3.8) is 0 Å². The average molecular weight is 497 g/mol. The van der Waals surface area contributed by atoms with E-state index >= 15 is 0 Å². The predicted octanol–water partition coefficient (Wildman–Crippen LogP) is 3.82. The van der Waals surface area contributed by atoms with Crippen LogP contribution in [-0.4, -0.2) is 50.9 Å². The number of carbonyl (C=O) groups excluding carboxylic acids is 2. The van der Waals surface area contributed by atoms with Crippen molar-refractivity contribution < 1.29 is 27.5 Å². The summed E-state index contributed by atoms with van der Waals surface area (Å²) in [6.45, 7) is 2.38. The van der Waals surface area contributed by atoms with Gasteiger partial charge in [0.15, 0.2) is 6.61 Å². The quantitative estimate of drug-likeness (QED) is 0.476. The van der Waals surface area contributed by atoms with E-state index < -0.39 is 34.4 Å². The van der Waals surface area contributed by atoms with Crippen molar-refractivity contribution >= 4 is 38.4 Å². The Bertz CT molecular complexity index is 1300. The SMILES string of the molecule is CCOc1ccc(S(=O)(=O)N2CCC(C(=O)OCC(=O)Nc3ccc4ccccc4c3)CC2)cc1. The first kappa shape index (κ1) is 24.7. The van der Waals surface area contributed by atoms with E-state index in [9.17, 15) is 18.0 Å². The highest BCUT2D eigenvalue weighted by atomic mass is 32.2. The Morgan fingerprint density at radius 1 is 0.971 bits per heavy atom. The van der Waals surface area contributed by atoms with Crippen LogP contribution in [0.25, 0.3) is 10.8 Å². The molecule has 1 amide bonds. The number of carbonyl (C=O) groups is 2. The number of fused-ring (bicyclic) bond motifs is 1. The van der Waals surface area contributed by atoms with E-state index in [4.69, 9.17) is 9.47 Å². The number of ether oxygens (including phenoxy) is 2. The third-order valence-corrected chi connectivity index (χ3v) is 7.85. The third kappa shape index (κ3) is 5.98. The summed E-state index contributed by atoms with van der Waals surface area (Å²) in [5.41, 5.74) is 0.623. The summed E-state index contributed by atoms with van der Waals surface area (Å²) in [6.07, 6.45) is 0.669. The molecule has 1 aliphatic rings. The van der Waals surface area contributed by atoms with Crippen LogP contribution in [0.1, 0.15) is 19.8 Å². The van der Waals surface area contributed by atoms with Crippen LogP contribution < -0.4 is 10.1 Å². The maximum absolute atomic E-state index is 12.9. The minimum Gasteiger partial charge on any atom is -0.494 e. The number of piperidine rings is 1. The molecule has 1 N–H and O–H groups in total. The normalized spacial score (nSPS) is 15.0. The van der Waals surface area contributed by atoms with Crippen molar-refractivity contribution in [2.75, 3.05) is 31.6 Å². The highest BCUT2D eigenvalue weighted by molar-refractivity contribution is 7.89. The summed E-state index contributed by atoms with van der Waals surface area (Å²) in [5.74, 6) is -0.756. The van der Waals surface area contributed by atoms with Gasteiger partial charge in [-0.05, 0) is 66.9 Å². The van der Waals surface area contributed by atoms with E-state index in [1.807, 2.05) is 43.3 Å². The number of hydrogen-bond acceptors (Lipinski definition) is 6. The maximum Gasteiger partial charge on any atom is 0.309 e. The van der Waals surface area contributed by atoms with Gasteiger partial charge in [0.05, 0.1) is 17.4 Å². The Balaban J connectivity index is 1.25. The highest BCUT2D eigenvalue weighted by Crippen LogP contribution is 2.26. The van der Waals surface area contributed by atoms with E-state index in [1.54, 1.807) is 18.2 Å². The Morgan fingerprint density at radius 2 is 1.66 bits per heavy atom. The molecule has 3 aromatic carbocycles. The molecule has 4 rings (SSSR count). The van der Waals surface area contributed by atoms with Gasteiger partial charge >= 0.3 is 5.97 Å². The van der Waals surface area contributed by atoms with Crippen LogP contribution in [0.15, 0.2) is 71.6 Å². The topological polar surface area (TPSA) is 102 Å². The van der Waals surface area contributed by atoms with Gasteiger partial charge in [0.1, 0.15) is 5.75 Å². The molecule has 1 aliphatic heterocycles. The molecule has 0 saturated carbocycles. The van der Waals surface area contributed by atoms with Crippen LogP contribution in [0.2, 0.25) is 0 Å². The zero-order chi connectivity index (χ0) is 24.8. The zero-order valence-electron chi connectivity index (χ0n) is 19.5. The van der Waals surface area contributed by atoms with E-state index in [1.165, 1.54) is 16.4 Å². The molecular weight excluding hydrogens is 468 g/mol. The van der Waals surface area contributed by atoms with Gasteiger partial charge in [0.2, 0.25) is 10.0 Å². The smallest absolute Gasteiger partial charge is 0.309 e. The van der Waals surface area contributed by atoms with Crippen LogP contribution in [0, 0.1) is 5.92 Å². The Hall–Kier alpha value is -3.43. The molecule has 1 fully saturated rings. The summed E-state index contributed by atoms with van der Waals surface area (Å²) in [6, 6.07) is 19.7. The lowest BCUT2D eigenvalue weighted by Gasteiger charge is -2.30. The molecule has 0 unspecified atom stereocenters.